The monoisotopic (exact) mass is 310 g/mol. The highest BCUT2D eigenvalue weighted by atomic mass is 16.5. The van der Waals surface area contributed by atoms with Crippen molar-refractivity contribution in [2.24, 2.45) is 0 Å². The van der Waals surface area contributed by atoms with E-state index < -0.39 is 0 Å². The van der Waals surface area contributed by atoms with Gasteiger partial charge in [-0.3, -0.25) is 9.80 Å². The van der Waals surface area contributed by atoms with Gasteiger partial charge in [0.15, 0.2) is 0 Å². The van der Waals surface area contributed by atoms with Gasteiger partial charge in [-0.1, -0.05) is 60.7 Å². The Balaban J connectivity index is 1.62. The molecular formula is C20H26N2O. The molecule has 3 heteroatoms. The highest BCUT2D eigenvalue weighted by molar-refractivity contribution is 5.16. The van der Waals surface area contributed by atoms with Crippen molar-refractivity contribution in [3.05, 3.63) is 71.8 Å². The molecule has 2 aromatic carbocycles. The van der Waals surface area contributed by atoms with E-state index >= 15 is 0 Å². The largest absolute Gasteiger partial charge is 0.378 e. The first-order valence-electron chi connectivity index (χ1n) is 8.29. The van der Waals surface area contributed by atoms with Crippen molar-refractivity contribution in [3.63, 3.8) is 0 Å². The number of methoxy groups -OCH3 is 1. The number of likely N-dealkylation sites (N-methyl/N-ethyl adjacent to an activating group) is 1. The van der Waals surface area contributed by atoms with Crippen LogP contribution < -0.4 is 0 Å². The molecule has 0 radical (unpaired) electrons. The summed E-state index contributed by atoms with van der Waals surface area (Å²) in [4.78, 5) is 4.92. The van der Waals surface area contributed by atoms with Gasteiger partial charge in [0, 0.05) is 39.3 Å². The second kappa shape index (κ2) is 7.73. The van der Waals surface area contributed by atoms with E-state index in [1.807, 2.05) is 7.11 Å². The number of nitrogens with zero attached hydrogens (tertiary/aromatic N) is 2. The second-order valence-electron chi connectivity index (χ2n) is 6.42. The molecular weight excluding hydrogens is 284 g/mol. The van der Waals surface area contributed by atoms with Crippen molar-refractivity contribution in [3.8, 4) is 0 Å². The Labute approximate surface area is 139 Å². The summed E-state index contributed by atoms with van der Waals surface area (Å²) in [6, 6.07) is 21.8. The summed E-state index contributed by atoms with van der Waals surface area (Å²) in [6.45, 7) is 4.01. The third-order valence-electron chi connectivity index (χ3n) is 4.71. The Bertz CT molecular complexity index is 587. The quantitative estimate of drug-likeness (QED) is 0.816. The second-order valence-corrected chi connectivity index (χ2v) is 6.42. The number of benzene rings is 2. The summed E-state index contributed by atoms with van der Waals surface area (Å²) in [6.07, 6.45) is 0.271. The lowest BCUT2D eigenvalue weighted by atomic mass is 10.1. The predicted octanol–water partition coefficient (Wildman–Crippen LogP) is 3.02. The maximum Gasteiger partial charge on any atom is 0.0865 e. The van der Waals surface area contributed by atoms with Crippen molar-refractivity contribution in [1.29, 1.82) is 0 Å². The van der Waals surface area contributed by atoms with Crippen LogP contribution in [0.5, 0.6) is 0 Å². The molecule has 3 rings (SSSR count). The maximum atomic E-state index is 5.77. The molecule has 0 spiro atoms. The minimum atomic E-state index is 0.271. The molecule has 3 nitrogen and oxygen atoms in total. The summed E-state index contributed by atoms with van der Waals surface area (Å²) in [5, 5.41) is 0. The zero-order chi connectivity index (χ0) is 16.1. The van der Waals surface area contributed by atoms with E-state index in [1.165, 1.54) is 11.1 Å². The van der Waals surface area contributed by atoms with Crippen molar-refractivity contribution in [1.82, 2.24) is 9.80 Å². The summed E-state index contributed by atoms with van der Waals surface area (Å²) in [5.74, 6) is 0. The van der Waals surface area contributed by atoms with Gasteiger partial charge in [0.25, 0.3) is 0 Å². The molecule has 0 unspecified atom stereocenters. The van der Waals surface area contributed by atoms with Crippen molar-refractivity contribution >= 4 is 0 Å². The summed E-state index contributed by atoms with van der Waals surface area (Å²) in [7, 11) is 4.04. The molecule has 1 saturated heterocycles. The molecule has 122 valence electrons. The van der Waals surface area contributed by atoms with E-state index in [0.29, 0.717) is 6.04 Å². The number of hydrogen-bond acceptors (Lipinski definition) is 3. The molecule has 0 saturated carbocycles. The van der Waals surface area contributed by atoms with E-state index in [4.69, 9.17) is 4.74 Å². The lowest BCUT2D eigenvalue weighted by Gasteiger charge is -2.28. The fourth-order valence-corrected chi connectivity index (χ4v) is 3.45. The Morgan fingerprint density at radius 1 is 0.957 bits per heavy atom. The van der Waals surface area contributed by atoms with Crippen molar-refractivity contribution < 1.29 is 4.74 Å². The van der Waals surface area contributed by atoms with Gasteiger partial charge in [0.1, 0.15) is 0 Å². The molecule has 0 aromatic heterocycles. The highest BCUT2D eigenvalue weighted by Gasteiger charge is 2.35. The zero-order valence-corrected chi connectivity index (χ0v) is 14.1. The van der Waals surface area contributed by atoms with Gasteiger partial charge in [0.2, 0.25) is 0 Å². The van der Waals surface area contributed by atoms with Gasteiger partial charge in [-0.2, -0.15) is 0 Å². The molecule has 0 N–H and O–H groups in total. The van der Waals surface area contributed by atoms with Crippen LogP contribution in [0.25, 0.3) is 0 Å². The first-order chi connectivity index (χ1) is 11.3. The van der Waals surface area contributed by atoms with Crippen LogP contribution in [0.1, 0.15) is 11.1 Å². The van der Waals surface area contributed by atoms with Crippen molar-refractivity contribution in [2.45, 2.75) is 25.2 Å². The fraction of sp³-hybridized carbons (Fsp3) is 0.400. The number of hydrogen-bond donors (Lipinski definition) is 0. The maximum absolute atomic E-state index is 5.77. The SMILES string of the molecule is CO[C@H]1CN(Cc2ccccc2)C[C@@H]1N(C)Cc1ccccc1. The molecule has 0 bridgehead atoms. The lowest BCUT2D eigenvalue weighted by molar-refractivity contribution is 0.0503. The molecule has 1 aliphatic rings. The van der Waals surface area contributed by atoms with E-state index in [1.54, 1.807) is 0 Å². The van der Waals surface area contributed by atoms with Gasteiger partial charge < -0.3 is 4.74 Å². The number of likely N-dealkylation sites (tertiary alicyclic amines) is 1. The Kier molecular flexibility index (Phi) is 5.44. The molecule has 0 amide bonds. The van der Waals surface area contributed by atoms with Crippen LogP contribution in [0.4, 0.5) is 0 Å². The Morgan fingerprint density at radius 3 is 2.17 bits per heavy atom. The minimum Gasteiger partial charge on any atom is -0.378 e. The smallest absolute Gasteiger partial charge is 0.0865 e. The van der Waals surface area contributed by atoms with Gasteiger partial charge in [-0.25, -0.2) is 0 Å². The molecule has 1 fully saturated rings. The summed E-state index contributed by atoms with van der Waals surface area (Å²) < 4.78 is 5.77. The van der Waals surface area contributed by atoms with Crippen LogP contribution in [0, 0.1) is 0 Å². The van der Waals surface area contributed by atoms with Crippen LogP contribution in [0.3, 0.4) is 0 Å². The van der Waals surface area contributed by atoms with Crippen molar-refractivity contribution in [2.75, 3.05) is 27.2 Å². The standard InChI is InChI=1S/C20H26N2O/c1-21(13-17-9-5-3-6-10-17)19-15-22(16-20(19)23-2)14-18-11-7-4-8-12-18/h3-12,19-20H,13-16H2,1-2H3/t19-,20-/m0/s1. The van der Waals surface area contributed by atoms with Gasteiger partial charge in [-0.15, -0.1) is 0 Å². The zero-order valence-electron chi connectivity index (χ0n) is 14.1. The van der Waals surface area contributed by atoms with Crippen LogP contribution in [-0.4, -0.2) is 49.2 Å². The van der Waals surface area contributed by atoms with Crippen LogP contribution in [-0.2, 0) is 17.8 Å². The van der Waals surface area contributed by atoms with Gasteiger partial charge >= 0.3 is 0 Å². The van der Waals surface area contributed by atoms with Crippen LogP contribution in [0.2, 0.25) is 0 Å². The van der Waals surface area contributed by atoms with E-state index in [2.05, 4.69) is 77.5 Å². The topological polar surface area (TPSA) is 15.7 Å². The van der Waals surface area contributed by atoms with Gasteiger partial charge in [0.05, 0.1) is 6.10 Å². The summed E-state index contributed by atoms with van der Waals surface area (Å²) >= 11 is 0. The molecule has 1 aliphatic heterocycles. The third-order valence-corrected chi connectivity index (χ3v) is 4.71. The lowest BCUT2D eigenvalue weighted by Crippen LogP contribution is -2.41. The molecule has 1 heterocycles. The van der Waals surface area contributed by atoms with Gasteiger partial charge in [-0.05, 0) is 18.2 Å². The van der Waals surface area contributed by atoms with E-state index in [0.717, 1.165) is 26.2 Å². The third kappa shape index (κ3) is 4.20. The summed E-state index contributed by atoms with van der Waals surface area (Å²) in [5.41, 5.74) is 2.72. The van der Waals surface area contributed by atoms with Crippen LogP contribution in [0.15, 0.2) is 60.7 Å². The van der Waals surface area contributed by atoms with E-state index in [-0.39, 0.29) is 6.10 Å². The number of rotatable bonds is 6. The average molecular weight is 310 g/mol. The van der Waals surface area contributed by atoms with E-state index in [9.17, 15) is 0 Å². The molecule has 23 heavy (non-hydrogen) atoms. The molecule has 2 atom stereocenters. The first-order valence-corrected chi connectivity index (χ1v) is 8.29. The predicted molar refractivity (Wildman–Crippen MR) is 94.2 cm³/mol. The number of ether oxygens (including phenoxy) is 1. The highest BCUT2D eigenvalue weighted by Crippen LogP contribution is 2.21. The first kappa shape index (κ1) is 16.2. The Hall–Kier alpha value is -1.68. The molecule has 2 aromatic rings. The molecule has 0 aliphatic carbocycles. The normalized spacial score (nSPS) is 21.9. The van der Waals surface area contributed by atoms with Crippen LogP contribution >= 0.6 is 0 Å². The minimum absolute atomic E-state index is 0.271. The fourth-order valence-electron chi connectivity index (χ4n) is 3.45. The average Bonchev–Trinajstić information content (AvgIpc) is 3.00. The Morgan fingerprint density at radius 2 is 1.57 bits per heavy atom.